The summed E-state index contributed by atoms with van der Waals surface area (Å²) in [7, 11) is 0. The monoisotopic (exact) mass is 315 g/mol. The number of hydrogen-bond donors (Lipinski definition) is 0. The number of hydrogen-bond acceptors (Lipinski definition) is 4. The van der Waals surface area contributed by atoms with Crippen LogP contribution in [0.15, 0.2) is 44.7 Å². The molecule has 0 atom stereocenters. The third-order valence-corrected chi connectivity index (χ3v) is 4.26. The topological polar surface area (TPSA) is 22.1 Å². The minimum Gasteiger partial charge on any atom is -0.493 e. The molecule has 2 rings (SSSR count). The molecule has 0 N–H and O–H groups in total. The van der Waals surface area contributed by atoms with Gasteiger partial charge in [0.1, 0.15) is 10.1 Å². The second kappa shape index (κ2) is 6.27. The molecule has 0 aliphatic rings. The maximum atomic E-state index is 5.59. The highest BCUT2D eigenvalue weighted by atomic mass is 79.9. The SMILES string of the molecule is Brc1ccc(OCCSc2nccs2)cc1. The maximum Gasteiger partial charge on any atom is 0.149 e. The molecule has 2 nitrogen and oxygen atoms in total. The summed E-state index contributed by atoms with van der Waals surface area (Å²) in [6.07, 6.45) is 1.82. The normalized spacial score (nSPS) is 10.3. The number of rotatable bonds is 5. The number of ether oxygens (including phenoxy) is 1. The summed E-state index contributed by atoms with van der Waals surface area (Å²) in [5, 5.41) is 1.98. The van der Waals surface area contributed by atoms with Crippen LogP contribution < -0.4 is 4.74 Å². The van der Waals surface area contributed by atoms with E-state index in [2.05, 4.69) is 20.9 Å². The quantitative estimate of drug-likeness (QED) is 0.613. The molecule has 2 aromatic rings. The Balaban J connectivity index is 1.70. The highest BCUT2D eigenvalue weighted by molar-refractivity contribution is 9.10. The molecular formula is C11H10BrNOS2. The second-order valence-corrected chi connectivity index (χ2v) is 6.10. The summed E-state index contributed by atoms with van der Waals surface area (Å²) >= 11 is 6.77. The lowest BCUT2D eigenvalue weighted by molar-refractivity contribution is 0.344. The van der Waals surface area contributed by atoms with E-state index in [0.717, 1.165) is 20.3 Å². The molecule has 1 heterocycles. The molecule has 0 amide bonds. The van der Waals surface area contributed by atoms with Gasteiger partial charge in [0.15, 0.2) is 0 Å². The van der Waals surface area contributed by atoms with Crippen LogP contribution in [0.5, 0.6) is 5.75 Å². The fourth-order valence-electron chi connectivity index (χ4n) is 1.10. The lowest BCUT2D eigenvalue weighted by Crippen LogP contribution is -1.99. The molecule has 0 aliphatic carbocycles. The van der Waals surface area contributed by atoms with E-state index in [-0.39, 0.29) is 0 Å². The molecule has 0 unspecified atom stereocenters. The number of thioether (sulfide) groups is 1. The van der Waals surface area contributed by atoms with E-state index in [1.807, 2.05) is 35.8 Å². The second-order valence-electron chi connectivity index (χ2n) is 2.95. The van der Waals surface area contributed by atoms with Gasteiger partial charge >= 0.3 is 0 Å². The van der Waals surface area contributed by atoms with E-state index >= 15 is 0 Å². The third kappa shape index (κ3) is 3.81. The first-order valence-electron chi connectivity index (χ1n) is 4.75. The van der Waals surface area contributed by atoms with Gasteiger partial charge < -0.3 is 4.74 Å². The molecule has 16 heavy (non-hydrogen) atoms. The van der Waals surface area contributed by atoms with Crippen LogP contribution in [-0.4, -0.2) is 17.3 Å². The lowest BCUT2D eigenvalue weighted by atomic mass is 10.3. The Labute approximate surface area is 111 Å². The number of aromatic nitrogens is 1. The van der Waals surface area contributed by atoms with Gasteiger partial charge in [-0.25, -0.2) is 4.98 Å². The van der Waals surface area contributed by atoms with Crippen molar-refractivity contribution in [2.24, 2.45) is 0 Å². The molecule has 5 heteroatoms. The van der Waals surface area contributed by atoms with Crippen molar-refractivity contribution in [2.45, 2.75) is 4.34 Å². The average Bonchev–Trinajstić information content (AvgIpc) is 2.80. The predicted octanol–water partition coefficient (Wildman–Crippen LogP) is 4.08. The van der Waals surface area contributed by atoms with Gasteiger partial charge in [0.2, 0.25) is 0 Å². The van der Waals surface area contributed by atoms with Crippen LogP contribution in [0.4, 0.5) is 0 Å². The molecule has 1 aromatic heterocycles. The fourth-order valence-corrected chi connectivity index (χ4v) is 2.89. The van der Waals surface area contributed by atoms with Gasteiger partial charge in [-0.15, -0.1) is 11.3 Å². The van der Waals surface area contributed by atoms with Crippen LogP contribution >= 0.6 is 39.0 Å². The highest BCUT2D eigenvalue weighted by Gasteiger charge is 1.97. The van der Waals surface area contributed by atoms with E-state index in [1.165, 1.54) is 0 Å². The molecular weight excluding hydrogens is 306 g/mol. The summed E-state index contributed by atoms with van der Waals surface area (Å²) in [6, 6.07) is 7.86. The van der Waals surface area contributed by atoms with Gasteiger partial charge in [0.05, 0.1) is 6.61 Å². The van der Waals surface area contributed by atoms with Crippen LogP contribution in [0, 0.1) is 0 Å². The zero-order valence-electron chi connectivity index (χ0n) is 8.43. The predicted molar refractivity (Wildman–Crippen MR) is 72.5 cm³/mol. The Morgan fingerprint density at radius 2 is 2.12 bits per heavy atom. The minimum atomic E-state index is 0.700. The van der Waals surface area contributed by atoms with Crippen LogP contribution in [0.1, 0.15) is 0 Å². The molecule has 0 fully saturated rings. The number of thiazole rings is 1. The number of halogens is 1. The van der Waals surface area contributed by atoms with Crippen LogP contribution in [0.3, 0.4) is 0 Å². The molecule has 0 aliphatic heterocycles. The maximum absolute atomic E-state index is 5.59. The van der Waals surface area contributed by atoms with Gasteiger partial charge in [-0.2, -0.15) is 0 Å². The van der Waals surface area contributed by atoms with Gasteiger partial charge in [-0.1, -0.05) is 27.7 Å². The van der Waals surface area contributed by atoms with Crippen molar-refractivity contribution < 1.29 is 4.74 Å². The van der Waals surface area contributed by atoms with Crippen molar-refractivity contribution >= 4 is 39.0 Å². The van der Waals surface area contributed by atoms with E-state index in [4.69, 9.17) is 4.74 Å². The Bertz CT molecular complexity index is 416. The first-order chi connectivity index (χ1) is 7.84. The van der Waals surface area contributed by atoms with E-state index in [9.17, 15) is 0 Å². The van der Waals surface area contributed by atoms with Crippen molar-refractivity contribution in [2.75, 3.05) is 12.4 Å². The largest absolute Gasteiger partial charge is 0.493 e. The standard InChI is InChI=1S/C11H10BrNOS2/c12-9-1-3-10(4-2-9)14-6-8-16-11-13-5-7-15-11/h1-5,7H,6,8H2. The zero-order chi connectivity index (χ0) is 11.2. The van der Waals surface area contributed by atoms with Gasteiger partial charge in [-0.3, -0.25) is 0 Å². The van der Waals surface area contributed by atoms with Crippen LogP contribution in [0.2, 0.25) is 0 Å². The third-order valence-electron chi connectivity index (χ3n) is 1.80. The summed E-state index contributed by atoms with van der Waals surface area (Å²) < 4.78 is 7.76. The molecule has 0 radical (unpaired) electrons. The molecule has 84 valence electrons. The van der Waals surface area contributed by atoms with Crippen molar-refractivity contribution in [1.29, 1.82) is 0 Å². The molecule has 0 spiro atoms. The van der Waals surface area contributed by atoms with Crippen molar-refractivity contribution in [3.05, 3.63) is 40.3 Å². The first kappa shape index (κ1) is 12.0. The van der Waals surface area contributed by atoms with E-state index < -0.39 is 0 Å². The number of benzene rings is 1. The Morgan fingerprint density at radius 1 is 1.31 bits per heavy atom. The Hall–Kier alpha value is -0.520. The highest BCUT2D eigenvalue weighted by Crippen LogP contribution is 2.20. The van der Waals surface area contributed by atoms with Crippen LogP contribution in [0.25, 0.3) is 0 Å². The minimum absolute atomic E-state index is 0.700. The summed E-state index contributed by atoms with van der Waals surface area (Å²) in [5.41, 5.74) is 0. The van der Waals surface area contributed by atoms with Crippen molar-refractivity contribution in [3.8, 4) is 5.75 Å². The van der Waals surface area contributed by atoms with Crippen LogP contribution in [-0.2, 0) is 0 Å². The average molecular weight is 316 g/mol. The van der Waals surface area contributed by atoms with Gasteiger partial charge in [-0.05, 0) is 24.3 Å². The molecule has 0 bridgehead atoms. The smallest absolute Gasteiger partial charge is 0.149 e. The van der Waals surface area contributed by atoms with Gasteiger partial charge in [0.25, 0.3) is 0 Å². The fraction of sp³-hybridized carbons (Fsp3) is 0.182. The van der Waals surface area contributed by atoms with E-state index in [0.29, 0.717) is 6.61 Å². The summed E-state index contributed by atoms with van der Waals surface area (Å²) in [4.78, 5) is 4.19. The molecule has 0 saturated carbocycles. The van der Waals surface area contributed by atoms with Crippen molar-refractivity contribution in [1.82, 2.24) is 4.98 Å². The zero-order valence-corrected chi connectivity index (χ0v) is 11.6. The first-order valence-corrected chi connectivity index (χ1v) is 7.41. The number of nitrogens with zero attached hydrogens (tertiary/aromatic N) is 1. The molecule has 0 saturated heterocycles. The summed E-state index contributed by atoms with van der Waals surface area (Å²) in [5.74, 6) is 1.83. The Kier molecular flexibility index (Phi) is 4.69. The van der Waals surface area contributed by atoms with Gasteiger partial charge in [0, 0.05) is 21.8 Å². The van der Waals surface area contributed by atoms with Crippen molar-refractivity contribution in [3.63, 3.8) is 0 Å². The molecule has 1 aromatic carbocycles. The van der Waals surface area contributed by atoms with E-state index in [1.54, 1.807) is 23.1 Å². The summed E-state index contributed by atoms with van der Waals surface area (Å²) in [6.45, 7) is 0.700. The lowest BCUT2D eigenvalue weighted by Gasteiger charge is -2.04. The Morgan fingerprint density at radius 3 is 2.81 bits per heavy atom.